The fourth-order valence-electron chi connectivity index (χ4n) is 10.1. The van der Waals surface area contributed by atoms with Crippen molar-refractivity contribution in [1.82, 2.24) is 4.90 Å². The Kier molecular flexibility index (Phi) is 21.6. The Morgan fingerprint density at radius 3 is 1.25 bits per heavy atom. The van der Waals surface area contributed by atoms with E-state index in [-0.39, 0.29) is 12.1 Å². The summed E-state index contributed by atoms with van der Waals surface area (Å²) in [6, 6.07) is 0. The Labute approximate surface area is 319 Å². The van der Waals surface area contributed by atoms with Crippen molar-refractivity contribution in [3.05, 3.63) is 0 Å². The molecular formula is C48H89NO2. The van der Waals surface area contributed by atoms with Crippen molar-refractivity contribution < 1.29 is 9.53 Å². The number of esters is 1. The highest BCUT2D eigenvalue weighted by Crippen LogP contribution is 2.55. The molecule has 4 aliphatic carbocycles. The first-order valence-electron chi connectivity index (χ1n) is 23.8. The van der Waals surface area contributed by atoms with Crippen LogP contribution in [0.5, 0.6) is 0 Å². The third-order valence-electron chi connectivity index (χ3n) is 14.1. The molecule has 0 aromatic carbocycles. The molecule has 51 heavy (non-hydrogen) atoms. The smallest absolute Gasteiger partial charge is 0.306 e. The molecule has 4 fully saturated rings. The van der Waals surface area contributed by atoms with Crippen molar-refractivity contribution in [3.63, 3.8) is 0 Å². The minimum absolute atomic E-state index is 0.0384. The van der Waals surface area contributed by atoms with E-state index in [2.05, 4.69) is 32.8 Å². The molecule has 4 aliphatic rings. The topological polar surface area (TPSA) is 29.5 Å². The van der Waals surface area contributed by atoms with Gasteiger partial charge in [0.15, 0.2) is 0 Å². The molecule has 0 aliphatic heterocycles. The van der Waals surface area contributed by atoms with E-state index >= 15 is 0 Å². The average Bonchev–Trinajstić information content (AvgIpc) is 3.93. The number of unbranched alkanes of at least 4 members (excludes halogenated alkanes) is 15. The number of carbonyl (C=O) groups excluding carboxylic acids is 1. The minimum atomic E-state index is 0.0384. The lowest BCUT2D eigenvalue weighted by molar-refractivity contribution is -0.150. The van der Waals surface area contributed by atoms with Crippen LogP contribution in [-0.2, 0) is 9.53 Å². The molecular weight excluding hydrogens is 623 g/mol. The lowest BCUT2D eigenvalue weighted by Gasteiger charge is -2.18. The summed E-state index contributed by atoms with van der Waals surface area (Å²) in [5, 5.41) is 0. The van der Waals surface area contributed by atoms with Gasteiger partial charge in [0.1, 0.15) is 6.10 Å². The van der Waals surface area contributed by atoms with Crippen molar-refractivity contribution in [1.29, 1.82) is 0 Å². The fourth-order valence-corrected chi connectivity index (χ4v) is 10.1. The molecule has 3 heteroatoms. The molecule has 0 aromatic rings. The van der Waals surface area contributed by atoms with Gasteiger partial charge in [-0.1, -0.05) is 149 Å². The number of rotatable bonds is 36. The second kappa shape index (κ2) is 25.5. The predicted molar refractivity (Wildman–Crippen MR) is 220 cm³/mol. The molecule has 0 radical (unpaired) electrons. The summed E-state index contributed by atoms with van der Waals surface area (Å²) in [5.41, 5.74) is 0. The SMILES string of the molecule is CCCCCCC1CC1CC1CC1CCCCCCCCC(CCCCCCCCC1CC1CC1CC1CCCCC)OC(=O)CCCN(C)C. The van der Waals surface area contributed by atoms with Crippen LogP contribution in [0.4, 0.5) is 0 Å². The second-order valence-electron chi connectivity index (χ2n) is 19.3. The number of nitrogens with zero attached hydrogens (tertiary/aromatic N) is 1. The Morgan fingerprint density at radius 2 is 0.843 bits per heavy atom. The van der Waals surface area contributed by atoms with Crippen LogP contribution in [0.15, 0.2) is 0 Å². The quantitative estimate of drug-likeness (QED) is 0.0479. The van der Waals surface area contributed by atoms with Gasteiger partial charge in [0.05, 0.1) is 0 Å². The lowest BCUT2D eigenvalue weighted by Crippen LogP contribution is -2.20. The maximum absolute atomic E-state index is 12.6. The van der Waals surface area contributed by atoms with E-state index in [0.717, 1.165) is 73.2 Å². The molecule has 0 bridgehead atoms. The molecule has 4 saturated carbocycles. The highest BCUT2D eigenvalue weighted by Gasteiger charge is 2.45. The molecule has 298 valence electrons. The molecule has 0 spiro atoms. The normalized spacial score (nSPS) is 28.3. The summed E-state index contributed by atoms with van der Waals surface area (Å²) >= 11 is 0. The fraction of sp³-hybridized carbons (Fsp3) is 0.979. The summed E-state index contributed by atoms with van der Waals surface area (Å²) in [7, 11) is 4.16. The van der Waals surface area contributed by atoms with E-state index in [1.54, 1.807) is 38.5 Å². The Hall–Kier alpha value is -0.570. The molecule has 0 amide bonds. The summed E-state index contributed by atoms with van der Waals surface area (Å²) in [4.78, 5) is 14.8. The van der Waals surface area contributed by atoms with E-state index in [9.17, 15) is 4.79 Å². The Balaban J connectivity index is 0.949. The van der Waals surface area contributed by atoms with Gasteiger partial charge in [-0.2, -0.15) is 0 Å². The molecule has 3 nitrogen and oxygen atoms in total. The Bertz CT molecular complexity index is 886. The molecule has 9 unspecified atom stereocenters. The molecule has 0 heterocycles. The van der Waals surface area contributed by atoms with E-state index in [1.807, 2.05) is 0 Å². The van der Waals surface area contributed by atoms with Crippen molar-refractivity contribution in [2.24, 2.45) is 47.3 Å². The summed E-state index contributed by atoms with van der Waals surface area (Å²) < 4.78 is 6.08. The summed E-state index contributed by atoms with van der Waals surface area (Å²) in [5.74, 6) is 8.85. The minimum Gasteiger partial charge on any atom is -0.462 e. The van der Waals surface area contributed by atoms with Gasteiger partial charge in [0.2, 0.25) is 0 Å². The first-order valence-corrected chi connectivity index (χ1v) is 23.8. The van der Waals surface area contributed by atoms with Gasteiger partial charge >= 0.3 is 5.97 Å². The van der Waals surface area contributed by atoms with E-state index in [1.165, 1.54) is 148 Å². The predicted octanol–water partition coefficient (Wildman–Crippen LogP) is 14.4. The number of ether oxygens (including phenoxy) is 1. The molecule has 0 saturated heterocycles. The van der Waals surface area contributed by atoms with Gasteiger partial charge in [0.25, 0.3) is 0 Å². The van der Waals surface area contributed by atoms with Crippen molar-refractivity contribution >= 4 is 5.97 Å². The Morgan fingerprint density at radius 1 is 0.490 bits per heavy atom. The molecule has 0 N–H and O–H groups in total. The molecule has 4 rings (SSSR count). The van der Waals surface area contributed by atoms with Crippen LogP contribution in [0.3, 0.4) is 0 Å². The maximum atomic E-state index is 12.6. The standard InChI is InChI=1S/C48H89NO2/c1-5-7-9-19-26-40-34-44(40)38-46-36-42(46)28-21-15-11-13-17-23-30-47(51-48(50)31-24-32-49(3)4)29-22-16-12-10-14-20-27-41-35-45(41)37-43-33-39(43)25-18-8-6-2/h39-47H,5-38H2,1-4H3. The first kappa shape index (κ1) is 43.2. The third kappa shape index (κ3) is 20.1. The largest absolute Gasteiger partial charge is 0.462 e. The van der Waals surface area contributed by atoms with Gasteiger partial charge in [-0.25, -0.2) is 0 Å². The summed E-state index contributed by atoms with van der Waals surface area (Å²) in [6.45, 7) is 5.61. The maximum Gasteiger partial charge on any atom is 0.306 e. The zero-order valence-corrected chi connectivity index (χ0v) is 35.0. The van der Waals surface area contributed by atoms with Gasteiger partial charge in [-0.15, -0.1) is 0 Å². The van der Waals surface area contributed by atoms with Crippen LogP contribution in [0.2, 0.25) is 0 Å². The number of hydrogen-bond acceptors (Lipinski definition) is 3. The van der Waals surface area contributed by atoms with Crippen molar-refractivity contribution in [3.8, 4) is 0 Å². The van der Waals surface area contributed by atoms with Gasteiger partial charge in [-0.3, -0.25) is 4.79 Å². The van der Waals surface area contributed by atoms with Crippen molar-refractivity contribution in [2.75, 3.05) is 20.6 Å². The third-order valence-corrected chi connectivity index (χ3v) is 14.1. The van der Waals surface area contributed by atoms with Crippen LogP contribution in [0.25, 0.3) is 0 Å². The number of carbonyl (C=O) groups is 1. The van der Waals surface area contributed by atoms with Crippen LogP contribution in [-0.4, -0.2) is 37.6 Å². The van der Waals surface area contributed by atoms with Crippen molar-refractivity contribution in [2.45, 2.75) is 232 Å². The van der Waals surface area contributed by atoms with Crippen LogP contribution < -0.4 is 0 Å². The monoisotopic (exact) mass is 712 g/mol. The first-order chi connectivity index (χ1) is 25.0. The molecule has 9 atom stereocenters. The van der Waals surface area contributed by atoms with E-state index < -0.39 is 0 Å². The van der Waals surface area contributed by atoms with Gasteiger partial charge in [0, 0.05) is 6.42 Å². The van der Waals surface area contributed by atoms with Gasteiger partial charge in [-0.05, 0) is 139 Å². The van der Waals surface area contributed by atoms with Crippen LogP contribution in [0.1, 0.15) is 226 Å². The number of hydrogen-bond donors (Lipinski definition) is 0. The van der Waals surface area contributed by atoms with E-state index in [0.29, 0.717) is 6.42 Å². The van der Waals surface area contributed by atoms with E-state index in [4.69, 9.17) is 4.74 Å². The summed E-state index contributed by atoms with van der Waals surface area (Å²) in [6.07, 6.45) is 45.6. The van der Waals surface area contributed by atoms with Gasteiger partial charge < -0.3 is 9.64 Å². The highest BCUT2D eigenvalue weighted by molar-refractivity contribution is 5.69. The van der Waals surface area contributed by atoms with Crippen LogP contribution in [0, 0.1) is 47.3 Å². The zero-order chi connectivity index (χ0) is 36.1. The molecule has 0 aromatic heterocycles. The van der Waals surface area contributed by atoms with Crippen LogP contribution >= 0.6 is 0 Å². The lowest BCUT2D eigenvalue weighted by atomic mass is 10.0. The average molecular weight is 712 g/mol. The highest BCUT2D eigenvalue weighted by atomic mass is 16.5. The second-order valence-corrected chi connectivity index (χ2v) is 19.3. The zero-order valence-electron chi connectivity index (χ0n) is 35.0.